The van der Waals surface area contributed by atoms with Gasteiger partial charge in [-0.3, -0.25) is 10.1 Å². The Bertz CT molecular complexity index is 585. The molecule has 0 aliphatic heterocycles. The zero-order chi connectivity index (χ0) is 20.1. The van der Waals surface area contributed by atoms with Crippen molar-refractivity contribution < 1.29 is 14.3 Å². The molecule has 0 atom stereocenters. The highest BCUT2D eigenvalue weighted by Gasteiger charge is 2.17. The maximum Gasteiger partial charge on any atom is 0.412 e. The van der Waals surface area contributed by atoms with E-state index in [1.54, 1.807) is 18.2 Å². The minimum absolute atomic E-state index is 0.0345. The Morgan fingerprint density at radius 2 is 1.41 bits per heavy atom. The number of carbonyl (C=O) groups excluding carboxylic acids is 2. The third-order valence-electron chi connectivity index (χ3n) is 3.87. The van der Waals surface area contributed by atoms with Crippen molar-refractivity contribution in [2.45, 2.75) is 77.7 Å². The van der Waals surface area contributed by atoms with Gasteiger partial charge in [-0.05, 0) is 45.7 Å². The van der Waals surface area contributed by atoms with Crippen molar-refractivity contribution in [3.05, 3.63) is 24.3 Å². The van der Waals surface area contributed by atoms with Gasteiger partial charge in [-0.2, -0.15) is 0 Å². The summed E-state index contributed by atoms with van der Waals surface area (Å²) in [4.78, 5) is 24.1. The molecule has 1 aromatic rings. The molecule has 0 heterocycles. The third-order valence-corrected chi connectivity index (χ3v) is 4.43. The number of hydrogen-bond acceptors (Lipinski definition) is 3. The molecular formula is C21H33BrN2O3. The molecule has 0 bridgehead atoms. The minimum Gasteiger partial charge on any atom is -0.444 e. The number of nitrogens with one attached hydrogen (secondary N) is 2. The van der Waals surface area contributed by atoms with Crippen molar-refractivity contribution in [3.8, 4) is 0 Å². The average molecular weight is 441 g/mol. The summed E-state index contributed by atoms with van der Waals surface area (Å²) in [5, 5.41) is 6.66. The molecule has 0 aliphatic rings. The molecule has 2 amide bonds. The lowest BCUT2D eigenvalue weighted by atomic mass is 10.1. The van der Waals surface area contributed by atoms with Crippen molar-refractivity contribution >= 4 is 39.3 Å². The van der Waals surface area contributed by atoms with Crippen molar-refractivity contribution in [1.82, 2.24) is 0 Å². The van der Waals surface area contributed by atoms with Gasteiger partial charge in [0.15, 0.2) is 0 Å². The number of hydrogen-bond donors (Lipinski definition) is 2. The Balaban J connectivity index is 2.36. The molecule has 152 valence electrons. The van der Waals surface area contributed by atoms with E-state index in [4.69, 9.17) is 4.74 Å². The molecule has 0 fully saturated rings. The molecule has 0 aliphatic carbocycles. The van der Waals surface area contributed by atoms with Crippen LogP contribution in [0.25, 0.3) is 0 Å². The molecular weight excluding hydrogens is 408 g/mol. The lowest BCUT2D eigenvalue weighted by Crippen LogP contribution is -2.27. The molecule has 27 heavy (non-hydrogen) atoms. The van der Waals surface area contributed by atoms with Crippen LogP contribution in [-0.4, -0.2) is 22.9 Å². The van der Waals surface area contributed by atoms with Crippen LogP contribution in [0.3, 0.4) is 0 Å². The van der Waals surface area contributed by atoms with Crippen LogP contribution in [-0.2, 0) is 9.53 Å². The number of carbonyl (C=O) groups is 2. The zero-order valence-corrected chi connectivity index (χ0v) is 18.4. The topological polar surface area (TPSA) is 67.4 Å². The van der Waals surface area contributed by atoms with E-state index in [1.165, 1.54) is 32.1 Å². The van der Waals surface area contributed by atoms with Crippen molar-refractivity contribution in [3.63, 3.8) is 0 Å². The fourth-order valence-corrected chi connectivity index (χ4v) is 2.99. The molecule has 0 unspecified atom stereocenters. The SMILES string of the molecule is CC(C)(C)OC(=O)Nc1ccccc1NC(=O)CCCCCCCCCBr. The minimum atomic E-state index is -0.573. The van der Waals surface area contributed by atoms with Gasteiger partial charge in [-0.15, -0.1) is 0 Å². The number of anilines is 2. The largest absolute Gasteiger partial charge is 0.444 e. The molecule has 6 heteroatoms. The van der Waals surface area contributed by atoms with E-state index in [1.807, 2.05) is 26.8 Å². The summed E-state index contributed by atoms with van der Waals surface area (Å²) in [6.45, 7) is 5.42. The van der Waals surface area contributed by atoms with Crippen molar-refractivity contribution in [2.75, 3.05) is 16.0 Å². The van der Waals surface area contributed by atoms with Gasteiger partial charge < -0.3 is 10.1 Å². The summed E-state index contributed by atoms with van der Waals surface area (Å²) < 4.78 is 5.26. The van der Waals surface area contributed by atoms with E-state index < -0.39 is 11.7 Å². The summed E-state index contributed by atoms with van der Waals surface area (Å²) in [6, 6.07) is 7.14. The smallest absolute Gasteiger partial charge is 0.412 e. The summed E-state index contributed by atoms with van der Waals surface area (Å²) in [5.41, 5.74) is 0.547. The first-order valence-corrected chi connectivity index (χ1v) is 10.9. The van der Waals surface area contributed by atoms with Crippen LogP contribution < -0.4 is 10.6 Å². The standard InChI is InChI=1S/C21H33BrN2O3/c1-21(2,3)27-20(26)24-18-14-11-10-13-17(18)23-19(25)15-9-7-5-4-6-8-12-16-22/h10-11,13-14H,4-9,12,15-16H2,1-3H3,(H,23,25)(H,24,26). The first kappa shape index (κ1) is 23.5. The highest BCUT2D eigenvalue weighted by Crippen LogP contribution is 2.22. The third kappa shape index (κ3) is 11.7. The molecule has 0 saturated carbocycles. The lowest BCUT2D eigenvalue weighted by molar-refractivity contribution is -0.116. The van der Waals surface area contributed by atoms with Crippen LogP contribution in [0.15, 0.2) is 24.3 Å². The first-order valence-electron chi connectivity index (χ1n) is 9.76. The Labute approximate surface area is 171 Å². The van der Waals surface area contributed by atoms with Crippen LogP contribution in [0.5, 0.6) is 0 Å². The number of alkyl halides is 1. The number of ether oxygens (including phenoxy) is 1. The van der Waals surface area contributed by atoms with Crippen molar-refractivity contribution in [1.29, 1.82) is 0 Å². The monoisotopic (exact) mass is 440 g/mol. The number of rotatable bonds is 11. The maximum atomic E-state index is 12.2. The molecule has 0 spiro atoms. The Morgan fingerprint density at radius 3 is 1.96 bits per heavy atom. The zero-order valence-electron chi connectivity index (χ0n) is 16.8. The fourth-order valence-electron chi connectivity index (χ4n) is 2.59. The van der Waals surface area contributed by atoms with Gasteiger partial charge in [-0.1, -0.05) is 60.2 Å². The highest BCUT2D eigenvalue weighted by atomic mass is 79.9. The van der Waals surface area contributed by atoms with E-state index >= 15 is 0 Å². The van der Waals surface area contributed by atoms with Crippen LogP contribution >= 0.6 is 15.9 Å². The quantitative estimate of drug-likeness (QED) is 0.305. The number of halogens is 1. The number of para-hydroxylation sites is 2. The summed E-state index contributed by atoms with van der Waals surface area (Å²) in [6.07, 6.45) is 8.08. The van der Waals surface area contributed by atoms with E-state index in [2.05, 4.69) is 26.6 Å². The van der Waals surface area contributed by atoms with E-state index in [9.17, 15) is 9.59 Å². The molecule has 0 aromatic heterocycles. The summed E-state index contributed by atoms with van der Waals surface area (Å²) in [5.74, 6) is -0.0345. The molecule has 2 N–H and O–H groups in total. The number of amides is 2. The second-order valence-corrected chi connectivity index (χ2v) is 8.43. The van der Waals surface area contributed by atoms with Gasteiger partial charge >= 0.3 is 6.09 Å². The van der Waals surface area contributed by atoms with Gasteiger partial charge in [0.2, 0.25) is 5.91 Å². The fraction of sp³-hybridized carbons (Fsp3) is 0.619. The van der Waals surface area contributed by atoms with E-state index in [0.29, 0.717) is 17.8 Å². The lowest BCUT2D eigenvalue weighted by Gasteiger charge is -2.20. The molecule has 1 aromatic carbocycles. The van der Waals surface area contributed by atoms with E-state index in [-0.39, 0.29) is 5.91 Å². The molecule has 0 saturated heterocycles. The second kappa shape index (κ2) is 12.8. The molecule has 0 radical (unpaired) electrons. The van der Waals surface area contributed by atoms with Gasteiger partial charge in [0.1, 0.15) is 5.60 Å². The van der Waals surface area contributed by atoms with Gasteiger partial charge in [-0.25, -0.2) is 4.79 Å². The van der Waals surface area contributed by atoms with Crippen LogP contribution in [0.1, 0.15) is 72.1 Å². The highest BCUT2D eigenvalue weighted by molar-refractivity contribution is 9.09. The van der Waals surface area contributed by atoms with Gasteiger partial charge in [0, 0.05) is 11.8 Å². The van der Waals surface area contributed by atoms with Gasteiger partial charge in [0.05, 0.1) is 11.4 Å². The summed E-state index contributed by atoms with van der Waals surface area (Å²) in [7, 11) is 0. The summed E-state index contributed by atoms with van der Waals surface area (Å²) >= 11 is 3.44. The second-order valence-electron chi connectivity index (χ2n) is 7.63. The van der Waals surface area contributed by atoms with Crippen molar-refractivity contribution in [2.24, 2.45) is 0 Å². The normalized spacial score (nSPS) is 11.1. The Hall–Kier alpha value is -1.56. The Kier molecular flexibility index (Phi) is 11.1. The average Bonchev–Trinajstić information content (AvgIpc) is 2.57. The molecule has 5 nitrogen and oxygen atoms in total. The predicted molar refractivity (Wildman–Crippen MR) is 116 cm³/mol. The van der Waals surface area contributed by atoms with Gasteiger partial charge in [0.25, 0.3) is 0 Å². The van der Waals surface area contributed by atoms with Crippen LogP contribution in [0, 0.1) is 0 Å². The number of benzene rings is 1. The predicted octanol–water partition coefficient (Wildman–Crippen LogP) is 6.49. The number of unbranched alkanes of at least 4 members (excludes halogenated alkanes) is 6. The van der Waals surface area contributed by atoms with Crippen LogP contribution in [0.2, 0.25) is 0 Å². The maximum absolute atomic E-state index is 12.2. The molecule has 1 rings (SSSR count). The Morgan fingerprint density at radius 1 is 0.889 bits per heavy atom. The van der Waals surface area contributed by atoms with Crippen LogP contribution in [0.4, 0.5) is 16.2 Å². The van der Waals surface area contributed by atoms with E-state index in [0.717, 1.165) is 18.2 Å². The first-order chi connectivity index (χ1) is 12.8.